The Morgan fingerprint density at radius 1 is 1.15 bits per heavy atom. The highest BCUT2D eigenvalue weighted by Gasteiger charge is 2.30. The molecule has 2 N–H and O–H groups in total. The van der Waals surface area contributed by atoms with Crippen LogP contribution in [0.5, 0.6) is 0 Å². The molecule has 8 heteroatoms. The van der Waals surface area contributed by atoms with Gasteiger partial charge in [-0.05, 0) is 74.4 Å². The monoisotopic (exact) mass is 482 g/mol. The lowest BCUT2D eigenvalue weighted by Crippen LogP contribution is -2.24. The first kappa shape index (κ1) is 23.9. The standard InChI is InChI=1S/C26H27FN2O4S/c1-4-33-26-15-25(19-7-5-6-18(13-19)17(3)30)28-24-11-9-21(14-22(24)26)34(31,32)29-20-8-10-23(27)16(2)12-20/h5-14,25-26,28-29H,4,15H2,1-3H3/t25?,26-/m0/s1. The van der Waals surface area contributed by atoms with Gasteiger partial charge >= 0.3 is 0 Å². The first-order valence-corrected chi connectivity index (χ1v) is 12.6. The van der Waals surface area contributed by atoms with Crippen molar-refractivity contribution in [3.05, 3.63) is 88.7 Å². The van der Waals surface area contributed by atoms with Gasteiger partial charge in [0.1, 0.15) is 5.82 Å². The molecule has 0 fully saturated rings. The van der Waals surface area contributed by atoms with E-state index in [4.69, 9.17) is 4.74 Å². The molecule has 1 unspecified atom stereocenters. The third-order valence-electron chi connectivity index (χ3n) is 5.93. The Kier molecular flexibility index (Phi) is 6.72. The van der Waals surface area contributed by atoms with Crippen molar-refractivity contribution in [3.8, 4) is 0 Å². The number of anilines is 2. The van der Waals surface area contributed by atoms with Crippen molar-refractivity contribution in [1.82, 2.24) is 0 Å². The first-order valence-electron chi connectivity index (χ1n) is 11.1. The summed E-state index contributed by atoms with van der Waals surface area (Å²) >= 11 is 0. The van der Waals surface area contributed by atoms with Crippen LogP contribution in [0.4, 0.5) is 15.8 Å². The second-order valence-corrected chi connectivity index (χ2v) is 10.1. The summed E-state index contributed by atoms with van der Waals surface area (Å²) in [5.74, 6) is -0.399. The Bertz CT molecular complexity index is 1340. The summed E-state index contributed by atoms with van der Waals surface area (Å²) in [7, 11) is -3.89. The lowest BCUT2D eigenvalue weighted by atomic mass is 9.90. The predicted molar refractivity (Wildman–Crippen MR) is 130 cm³/mol. The summed E-state index contributed by atoms with van der Waals surface area (Å²) in [6.45, 7) is 5.47. The van der Waals surface area contributed by atoms with E-state index in [0.717, 1.165) is 16.8 Å². The molecule has 0 spiro atoms. The van der Waals surface area contributed by atoms with Crippen LogP contribution in [0.1, 0.15) is 59.5 Å². The number of carbonyl (C=O) groups excluding carboxylic acids is 1. The van der Waals surface area contributed by atoms with E-state index >= 15 is 0 Å². The van der Waals surface area contributed by atoms with Gasteiger partial charge in [0.2, 0.25) is 0 Å². The molecule has 0 saturated carbocycles. The highest BCUT2D eigenvalue weighted by molar-refractivity contribution is 7.92. The zero-order valence-electron chi connectivity index (χ0n) is 19.3. The molecule has 0 saturated heterocycles. The number of sulfonamides is 1. The summed E-state index contributed by atoms with van der Waals surface area (Å²) in [5.41, 5.74) is 3.78. The summed E-state index contributed by atoms with van der Waals surface area (Å²) in [6.07, 6.45) is 0.256. The predicted octanol–water partition coefficient (Wildman–Crippen LogP) is 5.77. The summed E-state index contributed by atoms with van der Waals surface area (Å²) in [6, 6.07) is 16.3. The van der Waals surface area contributed by atoms with Gasteiger partial charge in [0.05, 0.1) is 17.0 Å². The molecule has 4 rings (SSSR count). The fraction of sp³-hybridized carbons (Fsp3) is 0.269. The lowest BCUT2D eigenvalue weighted by molar-refractivity contribution is 0.0497. The largest absolute Gasteiger partial charge is 0.378 e. The highest BCUT2D eigenvalue weighted by atomic mass is 32.2. The molecule has 3 aromatic carbocycles. The van der Waals surface area contributed by atoms with Crippen molar-refractivity contribution in [1.29, 1.82) is 0 Å². The number of halogens is 1. The molecule has 1 heterocycles. The zero-order valence-corrected chi connectivity index (χ0v) is 20.1. The molecule has 6 nitrogen and oxygen atoms in total. The molecule has 178 valence electrons. The molecule has 1 aliphatic heterocycles. The second kappa shape index (κ2) is 9.56. The van der Waals surface area contributed by atoms with Crippen molar-refractivity contribution in [2.75, 3.05) is 16.6 Å². The van der Waals surface area contributed by atoms with Crippen LogP contribution >= 0.6 is 0 Å². The first-order chi connectivity index (χ1) is 16.2. The maximum absolute atomic E-state index is 13.6. The lowest BCUT2D eigenvalue weighted by Gasteiger charge is -2.33. The maximum atomic E-state index is 13.6. The minimum absolute atomic E-state index is 0.00175. The van der Waals surface area contributed by atoms with Crippen LogP contribution in [0.25, 0.3) is 0 Å². The molecule has 0 bridgehead atoms. The van der Waals surface area contributed by atoms with Gasteiger partial charge < -0.3 is 10.1 Å². The molecular formula is C26H27FN2O4S. The zero-order chi connectivity index (χ0) is 24.5. The number of carbonyl (C=O) groups is 1. The van der Waals surface area contributed by atoms with Crippen LogP contribution in [-0.4, -0.2) is 20.8 Å². The Balaban J connectivity index is 1.65. The van der Waals surface area contributed by atoms with E-state index in [1.54, 1.807) is 25.1 Å². The number of benzene rings is 3. The molecule has 3 aromatic rings. The number of hydrogen-bond acceptors (Lipinski definition) is 5. The van der Waals surface area contributed by atoms with Gasteiger partial charge in [0, 0.05) is 35.5 Å². The van der Waals surface area contributed by atoms with Crippen molar-refractivity contribution < 1.29 is 22.3 Å². The van der Waals surface area contributed by atoms with Gasteiger partial charge in [-0.15, -0.1) is 0 Å². The van der Waals surface area contributed by atoms with Crippen LogP contribution in [0.2, 0.25) is 0 Å². The Morgan fingerprint density at radius 2 is 1.94 bits per heavy atom. The molecule has 0 aliphatic carbocycles. The van der Waals surface area contributed by atoms with Gasteiger partial charge in [0.15, 0.2) is 5.78 Å². The van der Waals surface area contributed by atoms with Crippen LogP contribution < -0.4 is 10.0 Å². The Morgan fingerprint density at radius 3 is 2.65 bits per heavy atom. The maximum Gasteiger partial charge on any atom is 0.261 e. The number of ketones is 1. The molecule has 34 heavy (non-hydrogen) atoms. The molecule has 1 aliphatic rings. The Hall–Kier alpha value is -3.23. The number of nitrogens with one attached hydrogen (secondary N) is 2. The van der Waals surface area contributed by atoms with Crippen LogP contribution in [0.3, 0.4) is 0 Å². The minimum atomic E-state index is -3.89. The number of aryl methyl sites for hydroxylation is 1. The van der Waals surface area contributed by atoms with Gasteiger partial charge in [0.25, 0.3) is 10.0 Å². The average molecular weight is 483 g/mol. The van der Waals surface area contributed by atoms with E-state index in [-0.39, 0.29) is 22.8 Å². The van der Waals surface area contributed by atoms with E-state index < -0.39 is 15.8 Å². The van der Waals surface area contributed by atoms with E-state index in [1.807, 2.05) is 25.1 Å². The average Bonchev–Trinajstić information content (AvgIpc) is 2.81. The summed E-state index contributed by atoms with van der Waals surface area (Å²) < 4.78 is 48.1. The van der Waals surface area contributed by atoms with Crippen molar-refractivity contribution in [2.45, 2.75) is 44.2 Å². The third-order valence-corrected chi connectivity index (χ3v) is 7.31. The highest BCUT2D eigenvalue weighted by Crippen LogP contribution is 2.42. The Labute approximate surface area is 199 Å². The number of fused-ring (bicyclic) bond motifs is 1. The smallest absolute Gasteiger partial charge is 0.261 e. The minimum Gasteiger partial charge on any atom is -0.378 e. The molecular weight excluding hydrogens is 455 g/mol. The fourth-order valence-corrected chi connectivity index (χ4v) is 5.25. The summed E-state index contributed by atoms with van der Waals surface area (Å²) in [5, 5.41) is 3.46. The number of rotatable bonds is 7. The van der Waals surface area contributed by atoms with Crippen LogP contribution in [0.15, 0.2) is 65.6 Å². The molecule has 0 aromatic heterocycles. The normalized spacial score (nSPS) is 17.5. The SMILES string of the molecule is CCO[C@H]1CC(c2cccc(C(C)=O)c2)Nc2ccc(S(=O)(=O)Nc3ccc(F)c(C)c3)cc21. The topological polar surface area (TPSA) is 84.5 Å². The third kappa shape index (κ3) is 4.98. The van der Waals surface area contributed by atoms with Gasteiger partial charge in [-0.1, -0.05) is 18.2 Å². The second-order valence-electron chi connectivity index (χ2n) is 8.38. The van der Waals surface area contributed by atoms with Crippen molar-refractivity contribution >= 4 is 27.2 Å². The van der Waals surface area contributed by atoms with E-state index in [0.29, 0.717) is 29.8 Å². The van der Waals surface area contributed by atoms with E-state index in [2.05, 4.69) is 10.0 Å². The number of hydrogen-bond donors (Lipinski definition) is 2. The number of Topliss-reactive ketones (excluding diaryl/α,β-unsaturated/α-hetero) is 1. The quantitative estimate of drug-likeness (QED) is 0.418. The van der Waals surface area contributed by atoms with E-state index in [1.165, 1.54) is 31.2 Å². The number of ether oxygens (including phenoxy) is 1. The molecule has 0 amide bonds. The molecule has 0 radical (unpaired) electrons. The molecule has 2 atom stereocenters. The fourth-order valence-electron chi connectivity index (χ4n) is 4.17. The van der Waals surface area contributed by atoms with Gasteiger partial charge in [-0.3, -0.25) is 9.52 Å². The van der Waals surface area contributed by atoms with Crippen molar-refractivity contribution in [3.63, 3.8) is 0 Å². The van der Waals surface area contributed by atoms with Crippen LogP contribution in [-0.2, 0) is 14.8 Å². The van der Waals surface area contributed by atoms with Crippen LogP contribution in [0, 0.1) is 12.7 Å². The van der Waals surface area contributed by atoms with Gasteiger partial charge in [-0.2, -0.15) is 0 Å². The van der Waals surface area contributed by atoms with Crippen molar-refractivity contribution in [2.24, 2.45) is 0 Å². The van der Waals surface area contributed by atoms with E-state index in [9.17, 15) is 17.6 Å². The van der Waals surface area contributed by atoms with Gasteiger partial charge in [-0.25, -0.2) is 12.8 Å². The summed E-state index contributed by atoms with van der Waals surface area (Å²) in [4.78, 5) is 11.9.